The zero-order valence-electron chi connectivity index (χ0n) is 8.79. The highest BCUT2D eigenvalue weighted by Gasteiger charge is 2.16. The van der Waals surface area contributed by atoms with Crippen LogP contribution < -0.4 is 5.32 Å². The van der Waals surface area contributed by atoms with Crippen molar-refractivity contribution in [1.82, 2.24) is 5.32 Å². The van der Waals surface area contributed by atoms with E-state index in [0.29, 0.717) is 0 Å². The third kappa shape index (κ3) is 1.70. The highest BCUT2D eigenvalue weighted by molar-refractivity contribution is 9.10. The Hall–Kier alpha value is -1.06. The van der Waals surface area contributed by atoms with E-state index in [1.165, 1.54) is 5.56 Å². The standard InChI is InChI=1S/C13H12BrNO/c14-11-4-2-1-3-10(11)12-7-9-5-6-15-8-13(9)16-12/h1-4,7,15H,5-6,8H2. The van der Waals surface area contributed by atoms with Gasteiger partial charge in [0.1, 0.15) is 11.5 Å². The third-order valence-corrected chi connectivity index (χ3v) is 3.58. The molecule has 0 aliphatic carbocycles. The normalized spacial score (nSPS) is 14.8. The molecule has 0 fully saturated rings. The molecule has 0 unspecified atom stereocenters. The SMILES string of the molecule is Brc1ccccc1-c1cc2c(o1)CNCC2. The van der Waals surface area contributed by atoms with Crippen molar-refractivity contribution in [3.8, 4) is 11.3 Å². The largest absolute Gasteiger partial charge is 0.459 e. The molecule has 3 rings (SSSR count). The van der Waals surface area contributed by atoms with Gasteiger partial charge >= 0.3 is 0 Å². The lowest BCUT2D eigenvalue weighted by Gasteiger charge is -2.09. The van der Waals surface area contributed by atoms with Crippen molar-refractivity contribution in [2.75, 3.05) is 6.54 Å². The van der Waals surface area contributed by atoms with Crippen molar-refractivity contribution in [3.63, 3.8) is 0 Å². The lowest BCUT2D eigenvalue weighted by Crippen LogP contribution is -2.22. The number of rotatable bonds is 1. The summed E-state index contributed by atoms with van der Waals surface area (Å²) in [7, 11) is 0. The van der Waals surface area contributed by atoms with Gasteiger partial charge in [0.25, 0.3) is 0 Å². The molecule has 2 heterocycles. The number of nitrogens with one attached hydrogen (secondary N) is 1. The number of fused-ring (bicyclic) bond motifs is 1. The zero-order valence-corrected chi connectivity index (χ0v) is 10.4. The molecule has 0 bridgehead atoms. The highest BCUT2D eigenvalue weighted by atomic mass is 79.9. The van der Waals surface area contributed by atoms with Gasteiger partial charge in [-0.2, -0.15) is 0 Å². The minimum absolute atomic E-state index is 0.847. The molecule has 0 atom stereocenters. The Morgan fingerprint density at radius 1 is 1.25 bits per heavy atom. The van der Waals surface area contributed by atoms with E-state index in [-0.39, 0.29) is 0 Å². The van der Waals surface area contributed by atoms with Gasteiger partial charge in [0, 0.05) is 10.0 Å². The van der Waals surface area contributed by atoms with E-state index in [1.54, 1.807) is 0 Å². The molecule has 1 aromatic heterocycles. The molecular weight excluding hydrogens is 266 g/mol. The first-order chi connectivity index (χ1) is 7.84. The van der Waals surface area contributed by atoms with Crippen LogP contribution in [0.5, 0.6) is 0 Å². The molecule has 1 N–H and O–H groups in total. The Kier molecular flexibility index (Phi) is 2.58. The van der Waals surface area contributed by atoms with Crippen LogP contribution in [0.15, 0.2) is 39.2 Å². The summed E-state index contributed by atoms with van der Waals surface area (Å²) in [6, 6.07) is 10.3. The average molecular weight is 278 g/mol. The number of hydrogen-bond acceptors (Lipinski definition) is 2. The Morgan fingerprint density at radius 3 is 2.94 bits per heavy atom. The quantitative estimate of drug-likeness (QED) is 0.865. The molecular formula is C13H12BrNO. The number of benzene rings is 1. The molecule has 0 amide bonds. The van der Waals surface area contributed by atoms with Crippen LogP contribution in [0.3, 0.4) is 0 Å². The molecule has 2 nitrogen and oxygen atoms in total. The molecule has 16 heavy (non-hydrogen) atoms. The van der Waals surface area contributed by atoms with Gasteiger partial charge in [-0.05, 0) is 30.7 Å². The fourth-order valence-corrected chi connectivity index (χ4v) is 2.53. The second kappa shape index (κ2) is 4.07. The minimum atomic E-state index is 0.847. The molecule has 0 saturated carbocycles. The van der Waals surface area contributed by atoms with Gasteiger partial charge in [0.05, 0.1) is 6.54 Å². The number of hydrogen-bond donors (Lipinski definition) is 1. The van der Waals surface area contributed by atoms with Gasteiger partial charge in [0.15, 0.2) is 0 Å². The molecule has 1 aliphatic heterocycles. The van der Waals surface area contributed by atoms with Crippen LogP contribution in [0.2, 0.25) is 0 Å². The maximum Gasteiger partial charge on any atom is 0.135 e. The summed E-state index contributed by atoms with van der Waals surface area (Å²) >= 11 is 3.55. The first kappa shape index (κ1) is 10.1. The average Bonchev–Trinajstić information content (AvgIpc) is 2.73. The molecule has 3 heteroatoms. The summed E-state index contributed by atoms with van der Waals surface area (Å²) in [5.74, 6) is 2.04. The van der Waals surface area contributed by atoms with Gasteiger partial charge in [0.2, 0.25) is 0 Å². The van der Waals surface area contributed by atoms with Crippen LogP contribution in [0.4, 0.5) is 0 Å². The van der Waals surface area contributed by atoms with E-state index in [1.807, 2.05) is 18.2 Å². The van der Waals surface area contributed by atoms with Gasteiger partial charge in [-0.1, -0.05) is 34.1 Å². The van der Waals surface area contributed by atoms with Gasteiger partial charge in [-0.15, -0.1) is 0 Å². The van der Waals surface area contributed by atoms with E-state index < -0.39 is 0 Å². The van der Waals surface area contributed by atoms with Crippen molar-refractivity contribution < 1.29 is 4.42 Å². The summed E-state index contributed by atoms with van der Waals surface area (Å²) < 4.78 is 6.96. The molecule has 82 valence electrons. The maximum absolute atomic E-state index is 5.88. The second-order valence-corrected chi connectivity index (χ2v) is 4.82. The Morgan fingerprint density at radius 2 is 2.12 bits per heavy atom. The van der Waals surface area contributed by atoms with Crippen molar-refractivity contribution >= 4 is 15.9 Å². The second-order valence-electron chi connectivity index (χ2n) is 3.97. The lowest BCUT2D eigenvalue weighted by molar-refractivity contribution is 0.472. The molecule has 1 aromatic carbocycles. The van der Waals surface area contributed by atoms with E-state index in [4.69, 9.17) is 4.42 Å². The third-order valence-electron chi connectivity index (χ3n) is 2.89. The van der Waals surface area contributed by atoms with Crippen LogP contribution in [0.1, 0.15) is 11.3 Å². The Labute approximate surface area is 103 Å². The first-order valence-corrected chi connectivity index (χ1v) is 6.21. The predicted molar refractivity (Wildman–Crippen MR) is 67.3 cm³/mol. The highest BCUT2D eigenvalue weighted by Crippen LogP contribution is 2.32. The number of furan rings is 1. The summed E-state index contributed by atoms with van der Waals surface area (Å²) in [6.45, 7) is 1.89. The smallest absolute Gasteiger partial charge is 0.135 e. The van der Waals surface area contributed by atoms with E-state index >= 15 is 0 Å². The van der Waals surface area contributed by atoms with Crippen LogP contribution >= 0.6 is 15.9 Å². The predicted octanol–water partition coefficient (Wildman–Crippen LogP) is 3.35. The first-order valence-electron chi connectivity index (χ1n) is 5.42. The number of halogens is 1. The molecule has 0 radical (unpaired) electrons. The van der Waals surface area contributed by atoms with Gasteiger partial charge < -0.3 is 9.73 Å². The van der Waals surface area contributed by atoms with E-state index in [9.17, 15) is 0 Å². The summed E-state index contributed by atoms with van der Waals surface area (Å²) in [4.78, 5) is 0. The maximum atomic E-state index is 5.88. The van der Waals surface area contributed by atoms with E-state index in [2.05, 4.69) is 33.4 Å². The van der Waals surface area contributed by atoms with Gasteiger partial charge in [-0.25, -0.2) is 0 Å². The zero-order chi connectivity index (χ0) is 11.0. The molecule has 0 spiro atoms. The van der Waals surface area contributed by atoms with Crippen molar-refractivity contribution in [1.29, 1.82) is 0 Å². The topological polar surface area (TPSA) is 25.2 Å². The summed E-state index contributed by atoms with van der Waals surface area (Å²) in [5, 5.41) is 3.31. The van der Waals surface area contributed by atoms with Crippen molar-refractivity contribution in [2.24, 2.45) is 0 Å². The molecule has 1 aliphatic rings. The van der Waals surface area contributed by atoms with Crippen LogP contribution in [-0.4, -0.2) is 6.54 Å². The lowest BCUT2D eigenvalue weighted by atomic mass is 10.1. The Bertz CT molecular complexity index is 495. The fourth-order valence-electron chi connectivity index (χ4n) is 2.05. The molecule has 0 saturated heterocycles. The van der Waals surface area contributed by atoms with Crippen LogP contribution in [0, 0.1) is 0 Å². The van der Waals surface area contributed by atoms with Crippen molar-refractivity contribution in [2.45, 2.75) is 13.0 Å². The minimum Gasteiger partial charge on any atom is -0.459 e. The van der Waals surface area contributed by atoms with Crippen LogP contribution in [-0.2, 0) is 13.0 Å². The van der Waals surface area contributed by atoms with Gasteiger partial charge in [-0.3, -0.25) is 0 Å². The Balaban J connectivity index is 2.07. The van der Waals surface area contributed by atoms with Crippen molar-refractivity contribution in [3.05, 3.63) is 46.1 Å². The summed E-state index contributed by atoms with van der Waals surface area (Å²) in [6.07, 6.45) is 1.06. The van der Waals surface area contributed by atoms with Crippen LogP contribution in [0.25, 0.3) is 11.3 Å². The fraction of sp³-hybridized carbons (Fsp3) is 0.231. The van der Waals surface area contributed by atoms with E-state index in [0.717, 1.165) is 41.1 Å². The monoisotopic (exact) mass is 277 g/mol. The summed E-state index contributed by atoms with van der Waals surface area (Å²) in [5.41, 5.74) is 2.46. The molecule has 2 aromatic rings.